The molecule has 0 spiro atoms. The molecule has 3 aromatic heterocycles. The SMILES string of the molecule is Fc1ccc(F)c([C@H]2C[C@H](F)CN2c2nc(-c3cnn(C4CCNCC4)c3)c3ncccc3n2)c1. The highest BCUT2D eigenvalue weighted by Crippen LogP contribution is 2.39. The number of halogens is 3. The molecule has 180 valence electrons. The van der Waals surface area contributed by atoms with E-state index in [9.17, 15) is 13.2 Å². The summed E-state index contributed by atoms with van der Waals surface area (Å²) >= 11 is 0. The normalized spacial score (nSPS) is 21.2. The molecular formula is C25H24F3N7. The number of alkyl halides is 1. The van der Waals surface area contributed by atoms with Gasteiger partial charge in [0.25, 0.3) is 0 Å². The Morgan fingerprint density at radius 1 is 1.06 bits per heavy atom. The van der Waals surface area contributed by atoms with Gasteiger partial charge in [0, 0.05) is 29.9 Å². The number of anilines is 1. The molecule has 7 nitrogen and oxygen atoms in total. The molecule has 0 bridgehead atoms. The van der Waals surface area contributed by atoms with E-state index < -0.39 is 23.8 Å². The molecule has 5 heterocycles. The largest absolute Gasteiger partial charge is 0.331 e. The third-order valence-corrected chi connectivity index (χ3v) is 6.82. The molecular weight excluding hydrogens is 455 g/mol. The number of piperidine rings is 1. The van der Waals surface area contributed by atoms with E-state index in [0.29, 0.717) is 22.8 Å². The summed E-state index contributed by atoms with van der Waals surface area (Å²) in [5, 5.41) is 7.94. The van der Waals surface area contributed by atoms with Gasteiger partial charge in [0.1, 0.15) is 29.0 Å². The molecule has 2 atom stereocenters. The van der Waals surface area contributed by atoms with Gasteiger partial charge in [0.15, 0.2) is 0 Å². The Kier molecular flexibility index (Phi) is 5.60. The van der Waals surface area contributed by atoms with Crippen LogP contribution in [0.4, 0.5) is 19.1 Å². The predicted molar refractivity (Wildman–Crippen MR) is 126 cm³/mol. The molecule has 1 aromatic carbocycles. The van der Waals surface area contributed by atoms with Gasteiger partial charge in [-0.3, -0.25) is 9.67 Å². The van der Waals surface area contributed by atoms with Gasteiger partial charge >= 0.3 is 0 Å². The van der Waals surface area contributed by atoms with Gasteiger partial charge in [-0.1, -0.05) is 0 Å². The number of nitrogens with one attached hydrogen (secondary N) is 1. The molecule has 2 aliphatic heterocycles. The molecule has 4 aromatic rings. The molecule has 6 rings (SSSR count). The summed E-state index contributed by atoms with van der Waals surface area (Å²) in [5.74, 6) is -0.899. The maximum Gasteiger partial charge on any atom is 0.227 e. The zero-order valence-corrected chi connectivity index (χ0v) is 18.9. The Morgan fingerprint density at radius 3 is 2.77 bits per heavy atom. The molecule has 2 aliphatic rings. The van der Waals surface area contributed by atoms with Crippen molar-refractivity contribution in [2.24, 2.45) is 0 Å². The number of aromatic nitrogens is 5. The van der Waals surface area contributed by atoms with E-state index in [1.807, 2.05) is 16.9 Å². The van der Waals surface area contributed by atoms with Crippen molar-refractivity contribution in [1.29, 1.82) is 0 Å². The lowest BCUT2D eigenvalue weighted by Gasteiger charge is -2.25. The fourth-order valence-electron chi connectivity index (χ4n) is 5.09. The van der Waals surface area contributed by atoms with E-state index in [1.54, 1.807) is 23.4 Å². The molecule has 0 unspecified atom stereocenters. The number of hydrogen-bond acceptors (Lipinski definition) is 6. The first kappa shape index (κ1) is 22.0. The maximum absolute atomic E-state index is 14.6. The minimum atomic E-state index is -1.22. The highest BCUT2D eigenvalue weighted by atomic mass is 19.1. The van der Waals surface area contributed by atoms with Gasteiger partial charge in [-0.2, -0.15) is 5.10 Å². The lowest BCUT2D eigenvalue weighted by Crippen LogP contribution is -2.29. The van der Waals surface area contributed by atoms with E-state index in [-0.39, 0.29) is 24.5 Å². The van der Waals surface area contributed by atoms with Crippen molar-refractivity contribution in [2.45, 2.75) is 37.5 Å². The van der Waals surface area contributed by atoms with Gasteiger partial charge in [0.2, 0.25) is 5.95 Å². The van der Waals surface area contributed by atoms with Crippen molar-refractivity contribution < 1.29 is 13.2 Å². The lowest BCUT2D eigenvalue weighted by atomic mass is 10.0. The van der Waals surface area contributed by atoms with Crippen LogP contribution >= 0.6 is 0 Å². The van der Waals surface area contributed by atoms with Crippen LogP contribution in [0.15, 0.2) is 48.9 Å². The number of nitrogens with zero attached hydrogens (tertiary/aromatic N) is 6. The van der Waals surface area contributed by atoms with Crippen molar-refractivity contribution in [3.63, 3.8) is 0 Å². The average molecular weight is 480 g/mol. The lowest BCUT2D eigenvalue weighted by molar-refractivity contribution is 0.343. The molecule has 1 N–H and O–H groups in total. The second-order valence-corrected chi connectivity index (χ2v) is 9.10. The predicted octanol–water partition coefficient (Wildman–Crippen LogP) is 4.38. The Hall–Kier alpha value is -3.53. The third kappa shape index (κ3) is 4.12. The van der Waals surface area contributed by atoms with Gasteiger partial charge < -0.3 is 10.2 Å². The highest BCUT2D eigenvalue weighted by Gasteiger charge is 2.37. The molecule has 0 aliphatic carbocycles. The quantitative estimate of drug-likeness (QED) is 0.469. The topological polar surface area (TPSA) is 71.8 Å². The Morgan fingerprint density at radius 2 is 1.91 bits per heavy atom. The van der Waals surface area contributed by atoms with E-state index >= 15 is 0 Å². The zero-order valence-electron chi connectivity index (χ0n) is 18.9. The van der Waals surface area contributed by atoms with E-state index in [2.05, 4.69) is 20.4 Å². The van der Waals surface area contributed by atoms with Gasteiger partial charge in [-0.15, -0.1) is 0 Å². The van der Waals surface area contributed by atoms with Crippen LogP contribution in [0.1, 0.15) is 36.9 Å². The second kappa shape index (κ2) is 8.92. The minimum absolute atomic E-state index is 0.0137. The fourth-order valence-corrected chi connectivity index (χ4v) is 5.09. The van der Waals surface area contributed by atoms with E-state index in [4.69, 9.17) is 4.98 Å². The molecule has 2 fully saturated rings. The van der Waals surface area contributed by atoms with Crippen molar-refractivity contribution in [2.75, 3.05) is 24.5 Å². The minimum Gasteiger partial charge on any atom is -0.331 e. The van der Waals surface area contributed by atoms with Crippen LogP contribution in [0, 0.1) is 11.6 Å². The van der Waals surface area contributed by atoms with Gasteiger partial charge in [-0.05, 0) is 56.3 Å². The Balaban J connectivity index is 1.44. The summed E-state index contributed by atoms with van der Waals surface area (Å²) in [6, 6.07) is 6.41. The van der Waals surface area contributed by atoms with Crippen LogP contribution in [0.5, 0.6) is 0 Å². The summed E-state index contributed by atoms with van der Waals surface area (Å²) < 4.78 is 45.2. The zero-order chi connectivity index (χ0) is 23.9. The van der Waals surface area contributed by atoms with Crippen LogP contribution in [-0.2, 0) is 0 Å². The second-order valence-electron chi connectivity index (χ2n) is 9.10. The van der Waals surface area contributed by atoms with Crippen molar-refractivity contribution in [3.8, 4) is 11.3 Å². The van der Waals surface area contributed by atoms with Crippen LogP contribution in [0.3, 0.4) is 0 Å². The van der Waals surface area contributed by atoms with Gasteiger partial charge in [0.05, 0.1) is 30.3 Å². The molecule has 10 heteroatoms. The van der Waals surface area contributed by atoms with Crippen molar-refractivity contribution in [1.82, 2.24) is 30.0 Å². The fraction of sp³-hybridized carbons (Fsp3) is 0.360. The van der Waals surface area contributed by atoms with Crippen LogP contribution < -0.4 is 10.2 Å². The van der Waals surface area contributed by atoms with E-state index in [1.165, 1.54) is 0 Å². The highest BCUT2D eigenvalue weighted by molar-refractivity contribution is 5.89. The molecule has 0 saturated carbocycles. The summed E-state index contributed by atoms with van der Waals surface area (Å²) in [4.78, 5) is 15.5. The molecule has 2 saturated heterocycles. The van der Waals surface area contributed by atoms with E-state index in [0.717, 1.165) is 49.7 Å². The van der Waals surface area contributed by atoms with Crippen molar-refractivity contribution >= 4 is 17.0 Å². The van der Waals surface area contributed by atoms with Crippen molar-refractivity contribution in [3.05, 3.63) is 66.1 Å². The smallest absolute Gasteiger partial charge is 0.227 e. The number of fused-ring (bicyclic) bond motifs is 1. The number of rotatable bonds is 4. The Labute approximate surface area is 200 Å². The molecule has 0 amide bonds. The van der Waals surface area contributed by atoms with Gasteiger partial charge in [-0.25, -0.2) is 23.1 Å². The van der Waals surface area contributed by atoms with Crippen LogP contribution in [0.2, 0.25) is 0 Å². The summed E-state index contributed by atoms with van der Waals surface area (Å²) in [7, 11) is 0. The number of benzene rings is 1. The third-order valence-electron chi connectivity index (χ3n) is 6.82. The number of pyridine rings is 1. The summed E-state index contributed by atoms with van der Waals surface area (Å²) in [6.07, 6.45) is 6.17. The standard InChI is InChI=1S/C25H24F3N7/c26-16-3-4-20(28)19(10-16)22-11-17(27)14-34(22)25-32-21-2-1-7-30-24(21)23(33-25)15-12-31-35(13-15)18-5-8-29-9-6-18/h1-4,7,10,12-13,17-18,22,29H,5-6,8-9,11,14H2/t17-,22+/m0/s1. The Bertz CT molecular complexity index is 1370. The van der Waals surface area contributed by atoms with Crippen LogP contribution in [-0.4, -0.2) is 50.5 Å². The molecule has 0 radical (unpaired) electrons. The summed E-state index contributed by atoms with van der Waals surface area (Å²) in [6.45, 7) is 1.87. The van der Waals surface area contributed by atoms with Crippen LogP contribution in [0.25, 0.3) is 22.3 Å². The number of hydrogen-bond donors (Lipinski definition) is 1. The first-order chi connectivity index (χ1) is 17.1. The first-order valence-corrected chi connectivity index (χ1v) is 11.8. The monoisotopic (exact) mass is 479 g/mol. The molecule has 35 heavy (non-hydrogen) atoms. The first-order valence-electron chi connectivity index (χ1n) is 11.8. The summed E-state index contributed by atoms with van der Waals surface area (Å²) in [5.41, 5.74) is 2.64. The maximum atomic E-state index is 14.6. The average Bonchev–Trinajstić information content (AvgIpc) is 3.53.